The van der Waals surface area contributed by atoms with Crippen LogP contribution < -0.4 is 0 Å². The number of esters is 2. The average Bonchev–Trinajstić information content (AvgIpc) is 2.90. The summed E-state index contributed by atoms with van der Waals surface area (Å²) in [7, 11) is 0. The first-order valence-electron chi connectivity index (χ1n) is 6.46. The van der Waals surface area contributed by atoms with Crippen LogP contribution in [0.15, 0.2) is 35.6 Å². The molecule has 1 spiro atoms. The molecule has 0 fully saturated rings. The minimum Gasteiger partial charge on any atom is -0.463 e. The SMILES string of the molecule is CCOC(=O)C1=C(C)OC2(C1)OC(=O)c1ccccc12. The molecule has 20 heavy (non-hydrogen) atoms. The van der Waals surface area contributed by atoms with E-state index >= 15 is 0 Å². The molecule has 1 atom stereocenters. The van der Waals surface area contributed by atoms with Gasteiger partial charge in [-0.2, -0.15) is 0 Å². The Balaban J connectivity index is 1.96. The van der Waals surface area contributed by atoms with Crippen molar-refractivity contribution in [2.24, 2.45) is 0 Å². The van der Waals surface area contributed by atoms with Crippen molar-refractivity contribution in [1.29, 1.82) is 0 Å². The van der Waals surface area contributed by atoms with E-state index in [0.717, 1.165) is 0 Å². The lowest BCUT2D eigenvalue weighted by Gasteiger charge is -2.23. The average molecular weight is 274 g/mol. The second-order valence-corrected chi connectivity index (χ2v) is 4.72. The zero-order valence-corrected chi connectivity index (χ0v) is 11.3. The Morgan fingerprint density at radius 1 is 1.35 bits per heavy atom. The third kappa shape index (κ3) is 1.70. The number of carbonyl (C=O) groups is 2. The molecule has 0 saturated carbocycles. The van der Waals surface area contributed by atoms with E-state index in [1.54, 1.807) is 32.0 Å². The Bertz CT molecular complexity index is 631. The molecule has 3 rings (SSSR count). The highest BCUT2D eigenvalue weighted by Gasteiger charge is 2.53. The molecule has 0 aromatic heterocycles. The Morgan fingerprint density at radius 3 is 2.85 bits per heavy atom. The molecule has 1 aromatic rings. The van der Waals surface area contributed by atoms with Gasteiger partial charge < -0.3 is 14.2 Å². The van der Waals surface area contributed by atoms with Crippen LogP contribution in [0, 0.1) is 0 Å². The molecule has 0 aliphatic carbocycles. The number of allylic oxidation sites excluding steroid dienone is 1. The Morgan fingerprint density at radius 2 is 2.10 bits per heavy atom. The van der Waals surface area contributed by atoms with Crippen LogP contribution in [0.25, 0.3) is 0 Å². The molecule has 2 aliphatic rings. The second kappa shape index (κ2) is 4.37. The maximum Gasteiger partial charge on any atom is 0.342 e. The van der Waals surface area contributed by atoms with Gasteiger partial charge in [0.25, 0.3) is 5.79 Å². The highest BCUT2D eigenvalue weighted by Crippen LogP contribution is 2.48. The van der Waals surface area contributed by atoms with E-state index in [1.807, 2.05) is 6.07 Å². The first-order valence-corrected chi connectivity index (χ1v) is 6.46. The van der Waals surface area contributed by atoms with Crippen molar-refractivity contribution in [2.75, 3.05) is 6.61 Å². The van der Waals surface area contributed by atoms with E-state index in [4.69, 9.17) is 14.2 Å². The van der Waals surface area contributed by atoms with Crippen LogP contribution in [0.4, 0.5) is 0 Å². The fraction of sp³-hybridized carbons (Fsp3) is 0.333. The minimum atomic E-state index is -1.21. The van der Waals surface area contributed by atoms with Gasteiger partial charge in [-0.15, -0.1) is 0 Å². The molecule has 0 N–H and O–H groups in total. The number of fused-ring (bicyclic) bond motifs is 2. The molecule has 1 unspecified atom stereocenters. The predicted octanol–water partition coefficient (Wildman–Crippen LogP) is 2.27. The zero-order valence-electron chi connectivity index (χ0n) is 11.3. The topological polar surface area (TPSA) is 61.8 Å². The van der Waals surface area contributed by atoms with Crippen molar-refractivity contribution in [3.63, 3.8) is 0 Å². The van der Waals surface area contributed by atoms with Gasteiger partial charge in [0.1, 0.15) is 5.76 Å². The van der Waals surface area contributed by atoms with Crippen LogP contribution in [0.3, 0.4) is 0 Å². The van der Waals surface area contributed by atoms with Gasteiger partial charge in [-0.1, -0.05) is 18.2 Å². The Hall–Kier alpha value is -2.30. The van der Waals surface area contributed by atoms with Crippen molar-refractivity contribution in [3.8, 4) is 0 Å². The number of rotatable bonds is 2. The third-order valence-corrected chi connectivity index (χ3v) is 3.49. The van der Waals surface area contributed by atoms with Crippen LogP contribution in [0.1, 0.15) is 36.2 Å². The summed E-state index contributed by atoms with van der Waals surface area (Å²) in [5, 5.41) is 0. The number of hydrogen-bond acceptors (Lipinski definition) is 5. The molecule has 5 heteroatoms. The first kappa shape index (κ1) is 12.7. The van der Waals surface area contributed by atoms with Crippen LogP contribution in [-0.2, 0) is 24.8 Å². The molecule has 0 radical (unpaired) electrons. The molecule has 1 aromatic carbocycles. The summed E-state index contributed by atoms with van der Waals surface area (Å²) in [5.74, 6) is -1.63. The van der Waals surface area contributed by atoms with Gasteiger partial charge in [0.2, 0.25) is 0 Å². The molecular formula is C15H14O5. The van der Waals surface area contributed by atoms with Crippen molar-refractivity contribution >= 4 is 11.9 Å². The molecule has 0 amide bonds. The second-order valence-electron chi connectivity index (χ2n) is 4.72. The summed E-state index contributed by atoms with van der Waals surface area (Å²) >= 11 is 0. The monoisotopic (exact) mass is 274 g/mol. The molecule has 104 valence electrons. The molecule has 0 saturated heterocycles. The normalized spacial score (nSPS) is 23.6. The van der Waals surface area contributed by atoms with Gasteiger partial charge in [0.05, 0.1) is 29.7 Å². The lowest BCUT2D eigenvalue weighted by molar-refractivity contribution is -0.163. The van der Waals surface area contributed by atoms with Gasteiger partial charge in [-0.05, 0) is 19.9 Å². The van der Waals surface area contributed by atoms with Crippen molar-refractivity contribution in [3.05, 3.63) is 46.7 Å². The Kier molecular flexibility index (Phi) is 2.78. The van der Waals surface area contributed by atoms with Crippen molar-refractivity contribution < 1.29 is 23.8 Å². The molecule has 0 bridgehead atoms. The fourth-order valence-electron chi connectivity index (χ4n) is 2.60. The van der Waals surface area contributed by atoms with Gasteiger partial charge in [0.15, 0.2) is 0 Å². The summed E-state index contributed by atoms with van der Waals surface area (Å²) in [6.07, 6.45) is 0.181. The van der Waals surface area contributed by atoms with Crippen LogP contribution >= 0.6 is 0 Å². The molecule has 2 aliphatic heterocycles. The van der Waals surface area contributed by atoms with Gasteiger partial charge in [0, 0.05) is 0 Å². The first-order chi connectivity index (χ1) is 9.57. The van der Waals surface area contributed by atoms with Crippen molar-refractivity contribution in [1.82, 2.24) is 0 Å². The van der Waals surface area contributed by atoms with Crippen LogP contribution in [0.2, 0.25) is 0 Å². The van der Waals surface area contributed by atoms with E-state index in [-0.39, 0.29) is 6.42 Å². The summed E-state index contributed by atoms with van der Waals surface area (Å²) in [6.45, 7) is 3.71. The largest absolute Gasteiger partial charge is 0.463 e. The molecule has 2 heterocycles. The van der Waals surface area contributed by atoms with Gasteiger partial charge in [-0.25, -0.2) is 9.59 Å². The highest BCUT2D eigenvalue weighted by atomic mass is 16.7. The van der Waals surface area contributed by atoms with E-state index in [1.165, 1.54) is 0 Å². The number of hydrogen-bond donors (Lipinski definition) is 0. The Labute approximate surface area is 116 Å². The molecule has 5 nitrogen and oxygen atoms in total. The highest BCUT2D eigenvalue weighted by molar-refractivity contribution is 5.96. The summed E-state index contributed by atoms with van der Waals surface area (Å²) < 4.78 is 16.1. The smallest absolute Gasteiger partial charge is 0.342 e. The minimum absolute atomic E-state index is 0.181. The third-order valence-electron chi connectivity index (χ3n) is 3.49. The lowest BCUT2D eigenvalue weighted by Crippen LogP contribution is -2.26. The maximum atomic E-state index is 11.9. The quantitative estimate of drug-likeness (QED) is 0.774. The summed E-state index contributed by atoms with van der Waals surface area (Å²) in [4.78, 5) is 23.8. The fourth-order valence-corrected chi connectivity index (χ4v) is 2.60. The van der Waals surface area contributed by atoms with E-state index in [9.17, 15) is 9.59 Å². The van der Waals surface area contributed by atoms with Gasteiger partial charge >= 0.3 is 11.9 Å². The van der Waals surface area contributed by atoms with Gasteiger partial charge in [-0.3, -0.25) is 0 Å². The number of ether oxygens (including phenoxy) is 3. The van der Waals surface area contributed by atoms with E-state index in [0.29, 0.717) is 29.1 Å². The van der Waals surface area contributed by atoms with Crippen molar-refractivity contribution in [2.45, 2.75) is 26.1 Å². The lowest BCUT2D eigenvalue weighted by atomic mass is 9.97. The molecular weight excluding hydrogens is 260 g/mol. The van der Waals surface area contributed by atoms with E-state index < -0.39 is 17.7 Å². The standard InChI is InChI=1S/C15H14O5/c1-3-18-13(16)11-8-15(19-9(11)2)12-7-5-4-6-10(12)14(17)20-15/h4-7H,3,8H2,1-2H3. The maximum absolute atomic E-state index is 11.9. The number of carbonyl (C=O) groups excluding carboxylic acids is 2. The zero-order chi connectivity index (χ0) is 14.3. The number of benzene rings is 1. The predicted molar refractivity (Wildman–Crippen MR) is 68.6 cm³/mol. The van der Waals surface area contributed by atoms with Crippen LogP contribution in [0.5, 0.6) is 0 Å². The van der Waals surface area contributed by atoms with Crippen LogP contribution in [-0.4, -0.2) is 18.5 Å². The summed E-state index contributed by atoms with van der Waals surface area (Å²) in [5.41, 5.74) is 1.55. The summed E-state index contributed by atoms with van der Waals surface area (Å²) in [6, 6.07) is 7.04. The van der Waals surface area contributed by atoms with E-state index in [2.05, 4.69) is 0 Å².